The molecule has 5 rings (SSSR count). The summed E-state index contributed by atoms with van der Waals surface area (Å²) in [5, 5.41) is 0. The number of fused-ring (bicyclic) bond motifs is 2. The van der Waals surface area contributed by atoms with Crippen molar-refractivity contribution < 1.29 is 4.39 Å². The van der Waals surface area contributed by atoms with E-state index in [0.717, 1.165) is 37.3 Å². The minimum absolute atomic E-state index is 0.188. The maximum Gasteiger partial charge on any atom is 0.258 e. The van der Waals surface area contributed by atoms with Crippen LogP contribution in [0.15, 0.2) is 47.7 Å². The Morgan fingerprint density at radius 2 is 1.84 bits per heavy atom. The van der Waals surface area contributed by atoms with Crippen LogP contribution in [0, 0.1) is 12.7 Å². The van der Waals surface area contributed by atoms with Crippen LogP contribution in [0.3, 0.4) is 0 Å². The predicted octanol–water partition coefficient (Wildman–Crippen LogP) is 2.99. The molecule has 4 aromatic rings. The van der Waals surface area contributed by atoms with Crippen LogP contribution in [-0.4, -0.2) is 56.9 Å². The Morgan fingerprint density at radius 3 is 2.58 bits per heavy atom. The quantitative estimate of drug-likeness (QED) is 0.510. The summed E-state index contributed by atoms with van der Waals surface area (Å²) < 4.78 is 17.7. The van der Waals surface area contributed by atoms with E-state index >= 15 is 0 Å². The molecule has 1 aliphatic rings. The first-order chi connectivity index (χ1) is 14.9. The Bertz CT molecular complexity index is 1330. The summed E-state index contributed by atoms with van der Waals surface area (Å²) in [6.07, 6.45) is 7.55. The van der Waals surface area contributed by atoms with Gasteiger partial charge in [-0.2, -0.15) is 0 Å². The van der Waals surface area contributed by atoms with Crippen molar-refractivity contribution in [3.8, 4) is 11.3 Å². The van der Waals surface area contributed by atoms with Crippen molar-refractivity contribution >= 4 is 17.0 Å². The van der Waals surface area contributed by atoms with Gasteiger partial charge in [0.1, 0.15) is 5.65 Å². The number of nitrogens with zero attached hydrogens (tertiary/aromatic N) is 6. The van der Waals surface area contributed by atoms with Crippen molar-refractivity contribution in [3.63, 3.8) is 0 Å². The predicted molar refractivity (Wildman–Crippen MR) is 119 cm³/mol. The third-order valence-corrected chi connectivity index (χ3v) is 6.13. The summed E-state index contributed by atoms with van der Waals surface area (Å²) in [5.74, 6) is -0.441. The third-order valence-electron chi connectivity index (χ3n) is 6.13. The van der Waals surface area contributed by atoms with E-state index < -0.39 is 5.82 Å². The summed E-state index contributed by atoms with van der Waals surface area (Å²) in [4.78, 5) is 26.3. The van der Waals surface area contributed by atoms with Crippen molar-refractivity contribution in [1.82, 2.24) is 23.7 Å². The van der Waals surface area contributed by atoms with Gasteiger partial charge in [0.2, 0.25) is 0 Å². The zero-order valence-electron chi connectivity index (χ0n) is 17.9. The molecule has 0 aliphatic carbocycles. The molecule has 0 spiro atoms. The van der Waals surface area contributed by atoms with Crippen LogP contribution < -0.4 is 10.5 Å². The van der Waals surface area contributed by atoms with Crippen molar-refractivity contribution in [1.29, 1.82) is 0 Å². The molecule has 31 heavy (non-hydrogen) atoms. The Kier molecular flexibility index (Phi) is 4.74. The highest BCUT2D eigenvalue weighted by Gasteiger charge is 2.21. The van der Waals surface area contributed by atoms with E-state index in [1.807, 2.05) is 25.3 Å². The molecule has 5 heterocycles. The van der Waals surface area contributed by atoms with Crippen molar-refractivity contribution in [2.75, 3.05) is 32.1 Å². The third kappa shape index (κ3) is 3.57. The number of aryl methyl sites for hydroxylation is 1. The van der Waals surface area contributed by atoms with Gasteiger partial charge in [0, 0.05) is 49.4 Å². The molecule has 0 atom stereocenters. The van der Waals surface area contributed by atoms with Gasteiger partial charge in [-0.25, -0.2) is 14.4 Å². The lowest BCUT2D eigenvalue weighted by Gasteiger charge is -2.36. The monoisotopic (exact) mass is 420 g/mol. The van der Waals surface area contributed by atoms with Crippen LogP contribution in [0.4, 0.5) is 10.1 Å². The number of hydrogen-bond acceptors (Lipinski definition) is 5. The van der Waals surface area contributed by atoms with Gasteiger partial charge in [-0.1, -0.05) is 0 Å². The Labute approximate surface area is 179 Å². The van der Waals surface area contributed by atoms with E-state index in [1.165, 1.54) is 12.1 Å². The molecular weight excluding hydrogens is 395 g/mol. The summed E-state index contributed by atoms with van der Waals surface area (Å²) in [5.41, 5.74) is 3.34. The molecule has 1 aliphatic heterocycles. The van der Waals surface area contributed by atoms with Gasteiger partial charge in [-0.15, -0.1) is 0 Å². The Hall–Kier alpha value is -3.26. The zero-order valence-corrected chi connectivity index (χ0v) is 17.9. The molecule has 1 fully saturated rings. The van der Waals surface area contributed by atoms with E-state index in [4.69, 9.17) is 0 Å². The molecule has 7 nitrogen and oxygen atoms in total. The summed E-state index contributed by atoms with van der Waals surface area (Å²) in [7, 11) is 4.24. The molecule has 1 saturated heterocycles. The number of rotatable bonds is 3. The largest absolute Gasteiger partial charge is 0.370 e. The van der Waals surface area contributed by atoms with Crippen LogP contribution in [0.1, 0.15) is 18.5 Å². The maximum atomic E-state index is 14.5. The smallest absolute Gasteiger partial charge is 0.258 e. The fourth-order valence-corrected chi connectivity index (χ4v) is 4.39. The molecule has 160 valence electrons. The molecule has 0 saturated carbocycles. The molecule has 0 aromatic carbocycles. The fraction of sp³-hybridized carbons (Fsp3) is 0.348. The minimum atomic E-state index is -0.441. The van der Waals surface area contributed by atoms with Gasteiger partial charge >= 0.3 is 0 Å². The van der Waals surface area contributed by atoms with Crippen LogP contribution in [0.25, 0.3) is 22.6 Å². The fourth-order valence-electron chi connectivity index (χ4n) is 4.39. The van der Waals surface area contributed by atoms with Gasteiger partial charge in [0.15, 0.2) is 11.5 Å². The van der Waals surface area contributed by atoms with Gasteiger partial charge in [-0.05, 0) is 52.1 Å². The SMILES string of the molecule is Cc1cn2cc(-c3cc(=O)n4cc(N5CCC(N(C)C)CC5)ccc4n3)cc(F)c2n1. The lowest BCUT2D eigenvalue weighted by molar-refractivity contribution is 0.249. The lowest BCUT2D eigenvalue weighted by atomic mass is 10.0. The summed E-state index contributed by atoms with van der Waals surface area (Å²) >= 11 is 0. The Morgan fingerprint density at radius 1 is 1.06 bits per heavy atom. The van der Waals surface area contributed by atoms with E-state index in [2.05, 4.69) is 33.9 Å². The number of pyridine rings is 2. The number of hydrogen-bond donors (Lipinski definition) is 0. The summed E-state index contributed by atoms with van der Waals surface area (Å²) in [6.45, 7) is 3.73. The first kappa shape index (κ1) is 19.7. The average Bonchev–Trinajstić information content (AvgIpc) is 3.14. The highest BCUT2D eigenvalue weighted by atomic mass is 19.1. The first-order valence-electron chi connectivity index (χ1n) is 10.5. The topological polar surface area (TPSA) is 58.2 Å². The van der Waals surface area contributed by atoms with E-state index in [0.29, 0.717) is 22.9 Å². The van der Waals surface area contributed by atoms with Gasteiger partial charge in [0.25, 0.3) is 5.56 Å². The molecule has 0 amide bonds. The highest BCUT2D eigenvalue weighted by Crippen LogP contribution is 2.24. The first-order valence-corrected chi connectivity index (χ1v) is 10.5. The van der Waals surface area contributed by atoms with Crippen LogP contribution >= 0.6 is 0 Å². The van der Waals surface area contributed by atoms with E-state index in [9.17, 15) is 9.18 Å². The molecule has 8 heteroatoms. The van der Waals surface area contributed by atoms with Crippen molar-refractivity contribution in [2.24, 2.45) is 0 Å². The Balaban J connectivity index is 1.50. The number of halogens is 1. The van der Waals surface area contributed by atoms with Crippen LogP contribution in [-0.2, 0) is 0 Å². The molecule has 0 bridgehead atoms. The zero-order chi connectivity index (χ0) is 21.7. The van der Waals surface area contributed by atoms with Gasteiger partial charge < -0.3 is 14.2 Å². The molecule has 4 aromatic heterocycles. The number of aromatic nitrogens is 4. The highest BCUT2D eigenvalue weighted by molar-refractivity contribution is 5.64. The number of imidazole rings is 1. The summed E-state index contributed by atoms with van der Waals surface area (Å²) in [6, 6.07) is 7.29. The minimum Gasteiger partial charge on any atom is -0.370 e. The van der Waals surface area contributed by atoms with Crippen molar-refractivity contribution in [2.45, 2.75) is 25.8 Å². The van der Waals surface area contributed by atoms with Crippen LogP contribution in [0.2, 0.25) is 0 Å². The standard InChI is InChI=1S/C23H25FN6O/c1-15-12-29-13-16(10-19(24)23(29)25-15)20-11-22(31)30-14-18(4-5-21(30)26-20)28-8-6-17(7-9-28)27(2)3/h4-5,10-14,17H,6-9H2,1-3H3. The van der Waals surface area contributed by atoms with Gasteiger partial charge in [0.05, 0.1) is 17.1 Å². The van der Waals surface area contributed by atoms with Crippen molar-refractivity contribution in [3.05, 3.63) is 64.7 Å². The van der Waals surface area contributed by atoms with Crippen LogP contribution in [0.5, 0.6) is 0 Å². The molecule has 0 unspecified atom stereocenters. The maximum absolute atomic E-state index is 14.5. The normalized spacial score (nSPS) is 15.5. The lowest BCUT2D eigenvalue weighted by Crippen LogP contribution is -2.42. The average molecular weight is 420 g/mol. The van der Waals surface area contributed by atoms with E-state index in [1.54, 1.807) is 21.2 Å². The molecule has 0 radical (unpaired) electrons. The van der Waals surface area contributed by atoms with Gasteiger partial charge in [-0.3, -0.25) is 9.20 Å². The number of anilines is 1. The second-order valence-corrected chi connectivity index (χ2v) is 8.47. The number of piperidine rings is 1. The second-order valence-electron chi connectivity index (χ2n) is 8.47. The second kappa shape index (κ2) is 7.46. The molecular formula is C23H25FN6O. The van der Waals surface area contributed by atoms with E-state index in [-0.39, 0.29) is 11.2 Å². The molecule has 0 N–H and O–H groups in total.